The van der Waals surface area contributed by atoms with E-state index in [-0.39, 0.29) is 6.04 Å². The number of pyridine rings is 1. The number of rotatable bonds is 6. The summed E-state index contributed by atoms with van der Waals surface area (Å²) in [5, 5.41) is 0. The highest BCUT2D eigenvalue weighted by molar-refractivity contribution is 5.57. The highest BCUT2D eigenvalue weighted by Crippen LogP contribution is 2.27. The number of methoxy groups -OCH3 is 1. The van der Waals surface area contributed by atoms with E-state index in [0.717, 1.165) is 30.1 Å². The number of aryl methyl sites for hydroxylation is 1. The van der Waals surface area contributed by atoms with Gasteiger partial charge in [0.1, 0.15) is 0 Å². The van der Waals surface area contributed by atoms with E-state index in [4.69, 9.17) is 10.5 Å². The van der Waals surface area contributed by atoms with Crippen molar-refractivity contribution in [2.24, 2.45) is 11.7 Å². The van der Waals surface area contributed by atoms with Crippen molar-refractivity contribution in [3.05, 3.63) is 18.0 Å². The molecule has 0 radical (unpaired) electrons. The minimum atomic E-state index is 0.237. The summed E-state index contributed by atoms with van der Waals surface area (Å²) in [6.07, 6.45) is 2.74. The van der Waals surface area contributed by atoms with Crippen molar-refractivity contribution in [1.29, 1.82) is 0 Å². The first-order valence-corrected chi connectivity index (χ1v) is 6.43. The average Bonchev–Trinajstić information content (AvgIpc) is 2.35. The lowest BCUT2D eigenvalue weighted by Crippen LogP contribution is -2.32. The van der Waals surface area contributed by atoms with Crippen LogP contribution in [0.25, 0.3) is 0 Å². The van der Waals surface area contributed by atoms with Gasteiger partial charge in [0, 0.05) is 25.3 Å². The van der Waals surface area contributed by atoms with E-state index in [1.54, 1.807) is 13.3 Å². The first kappa shape index (κ1) is 14.8. The topological polar surface area (TPSA) is 51.4 Å². The fourth-order valence-corrected chi connectivity index (χ4v) is 1.78. The zero-order chi connectivity index (χ0) is 13.7. The molecule has 1 atom stereocenters. The number of hydrogen-bond donors (Lipinski definition) is 1. The Morgan fingerprint density at radius 2 is 2.11 bits per heavy atom. The van der Waals surface area contributed by atoms with Crippen LogP contribution >= 0.6 is 0 Å². The third-order valence-electron chi connectivity index (χ3n) is 3.27. The average molecular weight is 251 g/mol. The van der Waals surface area contributed by atoms with Gasteiger partial charge in [-0.3, -0.25) is 4.98 Å². The highest BCUT2D eigenvalue weighted by Gasteiger charge is 2.12. The van der Waals surface area contributed by atoms with Crippen LogP contribution in [-0.2, 0) is 0 Å². The number of ether oxygens (including phenoxy) is 1. The van der Waals surface area contributed by atoms with Crippen molar-refractivity contribution in [2.75, 3.05) is 25.6 Å². The van der Waals surface area contributed by atoms with Crippen LogP contribution in [0.1, 0.15) is 26.0 Å². The Hall–Kier alpha value is -1.29. The molecule has 0 saturated carbocycles. The summed E-state index contributed by atoms with van der Waals surface area (Å²) in [6, 6.07) is 2.28. The summed E-state index contributed by atoms with van der Waals surface area (Å²) in [7, 11) is 3.73. The second-order valence-electron chi connectivity index (χ2n) is 5.12. The molecular weight excluding hydrogens is 226 g/mol. The number of nitrogens with two attached hydrogens (primary N) is 1. The monoisotopic (exact) mass is 251 g/mol. The Labute approximate surface area is 110 Å². The van der Waals surface area contributed by atoms with Crippen LogP contribution in [0.15, 0.2) is 12.3 Å². The fourth-order valence-electron chi connectivity index (χ4n) is 1.78. The molecule has 4 heteroatoms. The molecule has 0 fully saturated rings. The maximum absolute atomic E-state index is 6.07. The minimum absolute atomic E-state index is 0.237. The van der Waals surface area contributed by atoms with Gasteiger partial charge in [-0.1, -0.05) is 13.8 Å². The van der Waals surface area contributed by atoms with E-state index < -0.39 is 0 Å². The minimum Gasteiger partial charge on any atom is -0.493 e. The first-order valence-electron chi connectivity index (χ1n) is 6.43. The molecular formula is C14H25N3O. The molecule has 0 saturated heterocycles. The molecule has 1 heterocycles. The van der Waals surface area contributed by atoms with Crippen LogP contribution in [0.5, 0.6) is 5.75 Å². The molecule has 1 aromatic heterocycles. The van der Waals surface area contributed by atoms with E-state index in [2.05, 4.69) is 30.8 Å². The smallest absolute Gasteiger partial charge is 0.160 e. The summed E-state index contributed by atoms with van der Waals surface area (Å²) >= 11 is 0. The maximum atomic E-state index is 6.07. The molecule has 2 N–H and O–H groups in total. The molecule has 0 aliphatic rings. The van der Waals surface area contributed by atoms with Crippen molar-refractivity contribution in [3.63, 3.8) is 0 Å². The Balaban J connectivity index is 2.71. The zero-order valence-electron chi connectivity index (χ0n) is 12.1. The Kier molecular flexibility index (Phi) is 5.41. The number of aromatic nitrogens is 1. The van der Waals surface area contributed by atoms with Gasteiger partial charge in [-0.15, -0.1) is 0 Å². The van der Waals surface area contributed by atoms with Crippen molar-refractivity contribution >= 4 is 5.69 Å². The second kappa shape index (κ2) is 6.59. The van der Waals surface area contributed by atoms with Gasteiger partial charge in [0.25, 0.3) is 0 Å². The SMILES string of the molecule is COc1cnc(C)cc1N(C)CCC(N)C(C)C. The summed E-state index contributed by atoms with van der Waals surface area (Å²) in [5.41, 5.74) is 8.13. The molecule has 1 unspecified atom stereocenters. The third-order valence-corrected chi connectivity index (χ3v) is 3.27. The van der Waals surface area contributed by atoms with Crippen LogP contribution in [0.3, 0.4) is 0 Å². The van der Waals surface area contributed by atoms with Gasteiger partial charge in [0.05, 0.1) is 19.0 Å². The third kappa shape index (κ3) is 3.88. The van der Waals surface area contributed by atoms with Crippen molar-refractivity contribution in [3.8, 4) is 5.75 Å². The summed E-state index contributed by atoms with van der Waals surface area (Å²) in [6.45, 7) is 7.21. The first-order chi connectivity index (χ1) is 8.45. The van der Waals surface area contributed by atoms with Crippen LogP contribution in [0.2, 0.25) is 0 Å². The predicted octanol–water partition coefficient (Wildman–Crippen LogP) is 2.21. The molecule has 102 valence electrons. The lowest BCUT2D eigenvalue weighted by Gasteiger charge is -2.24. The van der Waals surface area contributed by atoms with Gasteiger partial charge < -0.3 is 15.4 Å². The van der Waals surface area contributed by atoms with Gasteiger partial charge in [-0.25, -0.2) is 0 Å². The van der Waals surface area contributed by atoms with Crippen molar-refractivity contribution in [1.82, 2.24) is 4.98 Å². The highest BCUT2D eigenvalue weighted by atomic mass is 16.5. The molecule has 18 heavy (non-hydrogen) atoms. The lowest BCUT2D eigenvalue weighted by atomic mass is 10.0. The Bertz CT molecular complexity index is 379. The summed E-state index contributed by atoms with van der Waals surface area (Å²) in [5.74, 6) is 1.32. The standard InChI is InChI=1S/C14H25N3O/c1-10(2)12(15)6-7-17(4)13-8-11(3)16-9-14(13)18-5/h8-10,12H,6-7,15H2,1-5H3. The molecule has 1 rings (SSSR count). The molecule has 0 aromatic carbocycles. The molecule has 0 aliphatic carbocycles. The van der Waals surface area contributed by atoms with Gasteiger partial charge in [0.2, 0.25) is 0 Å². The zero-order valence-corrected chi connectivity index (χ0v) is 12.1. The van der Waals surface area contributed by atoms with Gasteiger partial charge in [-0.05, 0) is 25.3 Å². The Morgan fingerprint density at radius 3 is 2.67 bits per heavy atom. The fraction of sp³-hybridized carbons (Fsp3) is 0.643. The molecule has 0 bridgehead atoms. The molecule has 4 nitrogen and oxygen atoms in total. The van der Waals surface area contributed by atoms with Gasteiger partial charge in [0.15, 0.2) is 5.75 Å². The molecule has 1 aromatic rings. The predicted molar refractivity (Wildman–Crippen MR) is 76.2 cm³/mol. The summed E-state index contributed by atoms with van der Waals surface area (Å²) < 4.78 is 5.34. The van der Waals surface area contributed by atoms with E-state index in [1.807, 2.05) is 13.0 Å². The lowest BCUT2D eigenvalue weighted by molar-refractivity contribution is 0.411. The van der Waals surface area contributed by atoms with E-state index >= 15 is 0 Å². The van der Waals surface area contributed by atoms with Crippen LogP contribution in [0, 0.1) is 12.8 Å². The van der Waals surface area contributed by atoms with Crippen LogP contribution in [-0.4, -0.2) is 31.7 Å². The number of anilines is 1. The molecule has 0 amide bonds. The second-order valence-corrected chi connectivity index (χ2v) is 5.12. The Morgan fingerprint density at radius 1 is 1.44 bits per heavy atom. The number of hydrogen-bond acceptors (Lipinski definition) is 4. The number of nitrogens with zero attached hydrogens (tertiary/aromatic N) is 2. The van der Waals surface area contributed by atoms with Crippen LogP contribution in [0.4, 0.5) is 5.69 Å². The van der Waals surface area contributed by atoms with E-state index in [0.29, 0.717) is 5.92 Å². The largest absolute Gasteiger partial charge is 0.493 e. The van der Waals surface area contributed by atoms with E-state index in [9.17, 15) is 0 Å². The van der Waals surface area contributed by atoms with Crippen molar-refractivity contribution < 1.29 is 4.74 Å². The maximum Gasteiger partial charge on any atom is 0.160 e. The molecule has 0 spiro atoms. The molecule has 0 aliphatic heterocycles. The van der Waals surface area contributed by atoms with Gasteiger partial charge >= 0.3 is 0 Å². The normalized spacial score (nSPS) is 12.6. The van der Waals surface area contributed by atoms with Gasteiger partial charge in [-0.2, -0.15) is 0 Å². The summed E-state index contributed by atoms with van der Waals surface area (Å²) in [4.78, 5) is 6.42. The van der Waals surface area contributed by atoms with Crippen LogP contribution < -0.4 is 15.4 Å². The quantitative estimate of drug-likeness (QED) is 0.842. The van der Waals surface area contributed by atoms with Crippen molar-refractivity contribution in [2.45, 2.75) is 33.2 Å². The van der Waals surface area contributed by atoms with E-state index in [1.165, 1.54) is 0 Å².